The van der Waals surface area contributed by atoms with E-state index in [2.05, 4.69) is 20.7 Å². The van der Waals surface area contributed by atoms with Gasteiger partial charge in [-0.15, -0.1) is 0 Å². The molecule has 38 heavy (non-hydrogen) atoms. The fourth-order valence-electron chi connectivity index (χ4n) is 5.77. The van der Waals surface area contributed by atoms with Crippen LogP contribution in [0, 0.1) is 11.6 Å². The minimum Gasteiger partial charge on any atom is -0.449 e. The number of halogens is 2. The summed E-state index contributed by atoms with van der Waals surface area (Å²) in [4.78, 5) is 25.1. The molecule has 206 valence electrons. The molecule has 1 aromatic heterocycles. The Morgan fingerprint density at radius 2 is 1.79 bits per heavy atom. The first-order valence-corrected chi connectivity index (χ1v) is 13.0. The maximum absolute atomic E-state index is 15.6. The number of pyridine rings is 1. The van der Waals surface area contributed by atoms with Gasteiger partial charge >= 0.3 is 6.16 Å². The standard InChI is InChI=1S/C19H19F2N3O5.C6H12N2O/c20-11-5-10-16(24(9-1-2-9)8-14(18(10)25)29-19(26)27)15(21)17(11)23-6-12-13(7-23)28-4-3-22-12;1-2-9-6-4-7-3-5(6)8-1/h5,8-9,12-13,22H,1-4,6-7H2,(H,26,27);5-8H,1-4H2/t12-,13+;5-,6+/m00/s1. The quantitative estimate of drug-likeness (QED) is 0.419. The normalized spacial score (nSPS) is 28.4. The molecule has 4 atom stereocenters. The summed E-state index contributed by atoms with van der Waals surface area (Å²) < 4.78 is 47.8. The van der Waals surface area contributed by atoms with Gasteiger partial charge in [0, 0.05) is 51.4 Å². The van der Waals surface area contributed by atoms with Crippen LogP contribution in [0.1, 0.15) is 18.9 Å². The highest BCUT2D eigenvalue weighted by molar-refractivity contribution is 5.86. The number of rotatable bonds is 3. The number of benzene rings is 1. The molecule has 11 nitrogen and oxygen atoms in total. The summed E-state index contributed by atoms with van der Waals surface area (Å²) in [7, 11) is 0. The lowest BCUT2D eigenvalue weighted by atomic mass is 10.1. The van der Waals surface area contributed by atoms with Crippen molar-refractivity contribution in [3.63, 3.8) is 0 Å². The largest absolute Gasteiger partial charge is 0.511 e. The summed E-state index contributed by atoms with van der Waals surface area (Å²) in [6.07, 6.45) is 1.34. The van der Waals surface area contributed by atoms with E-state index in [1.54, 1.807) is 4.90 Å². The van der Waals surface area contributed by atoms with Crippen LogP contribution in [-0.4, -0.2) is 92.6 Å². The number of aromatic nitrogens is 1. The Hall–Kier alpha value is -2.84. The minimum absolute atomic E-state index is 0.0183. The topological polar surface area (TPSA) is 126 Å². The lowest BCUT2D eigenvalue weighted by Crippen LogP contribution is -2.47. The highest BCUT2D eigenvalue weighted by atomic mass is 19.1. The maximum atomic E-state index is 15.6. The molecule has 1 aliphatic carbocycles. The van der Waals surface area contributed by atoms with Crippen LogP contribution in [0.25, 0.3) is 10.9 Å². The van der Waals surface area contributed by atoms with E-state index in [1.807, 2.05) is 0 Å². The molecular formula is C25H31F2N5O6. The Bertz CT molecular complexity index is 1260. The second-order valence-electron chi connectivity index (χ2n) is 10.2. The van der Waals surface area contributed by atoms with Gasteiger partial charge in [0.05, 0.1) is 48.6 Å². The Balaban J connectivity index is 0.000000246. The first-order chi connectivity index (χ1) is 18.4. The molecule has 1 aromatic carbocycles. The maximum Gasteiger partial charge on any atom is 0.511 e. The van der Waals surface area contributed by atoms with E-state index in [0.29, 0.717) is 38.4 Å². The van der Waals surface area contributed by atoms with E-state index in [9.17, 15) is 14.0 Å². The smallest absolute Gasteiger partial charge is 0.449 e. The molecule has 13 heteroatoms. The summed E-state index contributed by atoms with van der Waals surface area (Å²) in [6, 6.07) is 1.45. The van der Waals surface area contributed by atoms with Crippen molar-refractivity contribution in [1.82, 2.24) is 20.5 Å². The predicted octanol–water partition coefficient (Wildman–Crippen LogP) is 0.795. The molecule has 4 saturated heterocycles. The summed E-state index contributed by atoms with van der Waals surface area (Å²) in [5, 5.41) is 18.6. The van der Waals surface area contributed by atoms with Crippen LogP contribution in [0.4, 0.5) is 19.3 Å². The lowest BCUT2D eigenvalue weighted by molar-refractivity contribution is 0.0207. The van der Waals surface area contributed by atoms with Gasteiger partial charge in [-0.2, -0.15) is 0 Å². The van der Waals surface area contributed by atoms with Gasteiger partial charge in [0.15, 0.2) is 11.6 Å². The number of nitrogens with zero attached hydrogens (tertiary/aromatic N) is 2. The van der Waals surface area contributed by atoms with Crippen molar-refractivity contribution < 1.29 is 32.9 Å². The summed E-state index contributed by atoms with van der Waals surface area (Å²) in [6.45, 7) is 5.95. The number of nitrogens with one attached hydrogen (secondary N) is 3. The number of carboxylic acid groups (broad SMARTS) is 1. The molecule has 2 aromatic rings. The van der Waals surface area contributed by atoms with E-state index in [0.717, 1.165) is 45.1 Å². The summed E-state index contributed by atoms with van der Waals surface area (Å²) in [5.74, 6) is -2.17. The van der Waals surface area contributed by atoms with Crippen LogP contribution >= 0.6 is 0 Å². The molecule has 4 aliphatic heterocycles. The fraction of sp³-hybridized carbons (Fsp3) is 0.600. The number of hydrogen-bond donors (Lipinski definition) is 4. The fourth-order valence-corrected chi connectivity index (χ4v) is 5.77. The van der Waals surface area contributed by atoms with Crippen LogP contribution in [0.3, 0.4) is 0 Å². The van der Waals surface area contributed by atoms with Crippen LogP contribution in [0.15, 0.2) is 17.1 Å². The summed E-state index contributed by atoms with van der Waals surface area (Å²) >= 11 is 0. The molecule has 0 radical (unpaired) electrons. The molecule has 0 amide bonds. The van der Waals surface area contributed by atoms with Crippen molar-refractivity contribution in [3.8, 4) is 5.75 Å². The third-order valence-electron chi connectivity index (χ3n) is 7.71. The number of ether oxygens (including phenoxy) is 3. The van der Waals surface area contributed by atoms with Crippen molar-refractivity contribution in [2.24, 2.45) is 0 Å². The average molecular weight is 536 g/mol. The molecule has 0 bridgehead atoms. The van der Waals surface area contributed by atoms with Crippen LogP contribution in [-0.2, 0) is 9.47 Å². The molecule has 7 rings (SSSR count). The molecule has 0 spiro atoms. The van der Waals surface area contributed by atoms with Gasteiger partial charge in [0.2, 0.25) is 5.43 Å². The van der Waals surface area contributed by atoms with Gasteiger partial charge in [-0.25, -0.2) is 13.6 Å². The number of anilines is 1. The van der Waals surface area contributed by atoms with E-state index in [1.165, 1.54) is 10.8 Å². The minimum atomic E-state index is -1.66. The van der Waals surface area contributed by atoms with Crippen LogP contribution in [0.5, 0.6) is 5.75 Å². The van der Waals surface area contributed by atoms with E-state index < -0.39 is 29.0 Å². The van der Waals surface area contributed by atoms with E-state index in [4.69, 9.17) is 14.6 Å². The number of hydrogen-bond acceptors (Lipinski definition) is 9. The van der Waals surface area contributed by atoms with Gasteiger partial charge in [0.25, 0.3) is 0 Å². The van der Waals surface area contributed by atoms with Gasteiger partial charge < -0.3 is 44.7 Å². The summed E-state index contributed by atoms with van der Waals surface area (Å²) in [5.41, 5.74) is -1.09. The van der Waals surface area contributed by atoms with E-state index >= 15 is 4.39 Å². The average Bonchev–Trinajstić information content (AvgIpc) is 3.47. The first-order valence-electron chi connectivity index (χ1n) is 13.0. The van der Waals surface area contributed by atoms with Gasteiger partial charge in [-0.3, -0.25) is 4.79 Å². The monoisotopic (exact) mass is 535 g/mol. The van der Waals surface area contributed by atoms with E-state index in [-0.39, 0.29) is 34.8 Å². The van der Waals surface area contributed by atoms with Crippen molar-refractivity contribution >= 4 is 22.7 Å². The zero-order valence-corrected chi connectivity index (χ0v) is 20.8. The van der Waals surface area contributed by atoms with Crippen LogP contribution in [0.2, 0.25) is 0 Å². The second kappa shape index (κ2) is 10.4. The zero-order chi connectivity index (χ0) is 26.4. The van der Waals surface area contributed by atoms with Crippen molar-refractivity contribution in [2.75, 3.05) is 57.4 Å². The van der Waals surface area contributed by atoms with Crippen molar-refractivity contribution in [3.05, 3.63) is 34.1 Å². The highest BCUT2D eigenvalue weighted by Crippen LogP contribution is 2.41. The van der Waals surface area contributed by atoms with Crippen molar-refractivity contribution in [2.45, 2.75) is 43.2 Å². The molecule has 5 heterocycles. The van der Waals surface area contributed by atoms with Gasteiger partial charge in [-0.05, 0) is 18.9 Å². The molecule has 4 N–H and O–H groups in total. The Morgan fingerprint density at radius 3 is 2.47 bits per heavy atom. The third kappa shape index (κ3) is 4.84. The van der Waals surface area contributed by atoms with Crippen LogP contribution < -0.4 is 31.0 Å². The lowest BCUT2D eigenvalue weighted by Gasteiger charge is -2.25. The van der Waals surface area contributed by atoms with Gasteiger partial charge in [0.1, 0.15) is 11.5 Å². The Labute approximate surface area is 217 Å². The first kappa shape index (κ1) is 25.4. The third-order valence-corrected chi connectivity index (χ3v) is 7.71. The molecule has 5 fully saturated rings. The SMILES string of the molecule is C1CO[C@@H]2CNC[C@@H]2N1.O=C(O)Oc1cn(C2CC2)c2c(F)c(N3C[C@@H]4NCCO[C@@H]4C3)c(F)cc2c1=O. The number of fused-ring (bicyclic) bond motifs is 3. The predicted molar refractivity (Wildman–Crippen MR) is 133 cm³/mol. The molecule has 0 unspecified atom stereocenters. The Morgan fingerprint density at radius 1 is 1.05 bits per heavy atom. The molecule has 1 saturated carbocycles. The number of morpholine rings is 2. The van der Waals surface area contributed by atoms with Crippen molar-refractivity contribution in [1.29, 1.82) is 0 Å². The Kier molecular flexibility index (Phi) is 6.95. The highest BCUT2D eigenvalue weighted by Gasteiger charge is 2.39. The number of carbonyl (C=O) groups is 1. The molecule has 5 aliphatic rings. The van der Waals surface area contributed by atoms with Gasteiger partial charge in [-0.1, -0.05) is 0 Å². The second-order valence-corrected chi connectivity index (χ2v) is 10.2. The molecular weight excluding hydrogens is 504 g/mol. The zero-order valence-electron chi connectivity index (χ0n) is 20.8.